The monoisotopic (exact) mass is 111 g/mol. The first kappa shape index (κ1) is 6.21. The third-order valence-electron chi connectivity index (χ3n) is 0.239. The maximum Gasteiger partial charge on any atom is 0.191 e. The van der Waals surface area contributed by atoms with Gasteiger partial charge in [0.1, 0.15) is 6.67 Å². The first-order chi connectivity index (χ1) is 2.56. The Morgan fingerprint density at radius 1 is 1.83 bits per heavy atom. The molecule has 0 rings (SSSR count). The van der Waals surface area contributed by atoms with Gasteiger partial charge in [-0.3, -0.25) is 0 Å². The molecular weight excluding hydrogens is 106 g/mol. The van der Waals surface area contributed by atoms with Crippen molar-refractivity contribution >= 4 is 12.6 Å². The SMILES string of the molecule is C[C@](F)([S])CF. The van der Waals surface area contributed by atoms with Crippen molar-refractivity contribution in [1.29, 1.82) is 0 Å². The Morgan fingerprint density at radius 3 is 2.00 bits per heavy atom. The Kier molecular flexibility index (Phi) is 1.84. The van der Waals surface area contributed by atoms with E-state index in [0.29, 0.717) is 0 Å². The van der Waals surface area contributed by atoms with Gasteiger partial charge in [-0.1, -0.05) is 0 Å². The quantitative estimate of drug-likeness (QED) is 0.484. The molecule has 0 aromatic heterocycles. The summed E-state index contributed by atoms with van der Waals surface area (Å²) in [5, 5.41) is -2.04. The molecule has 37 valence electrons. The van der Waals surface area contributed by atoms with Gasteiger partial charge in [-0.05, 0) is 19.6 Å². The minimum atomic E-state index is -2.04. The molecule has 0 aromatic rings. The van der Waals surface area contributed by atoms with Crippen LogP contribution in [-0.4, -0.2) is 11.7 Å². The van der Waals surface area contributed by atoms with E-state index in [-0.39, 0.29) is 0 Å². The van der Waals surface area contributed by atoms with Gasteiger partial charge in [0.2, 0.25) is 0 Å². The van der Waals surface area contributed by atoms with Gasteiger partial charge >= 0.3 is 0 Å². The Labute approximate surface area is 41.0 Å². The first-order valence-corrected chi connectivity index (χ1v) is 1.92. The Hall–Kier alpha value is 0.210. The van der Waals surface area contributed by atoms with Gasteiger partial charge in [0.05, 0.1) is 0 Å². The largest absolute Gasteiger partial charge is 0.247 e. The molecule has 0 heterocycles. The van der Waals surface area contributed by atoms with Crippen LogP contribution < -0.4 is 0 Å². The normalized spacial score (nSPS) is 20.0. The standard InChI is InChI=1S/C3H5F2S/c1-3(5,6)2-4/h2H2,1H3/t3-/m0/s1. The van der Waals surface area contributed by atoms with Gasteiger partial charge < -0.3 is 0 Å². The predicted molar refractivity (Wildman–Crippen MR) is 23.1 cm³/mol. The van der Waals surface area contributed by atoms with Crippen LogP contribution in [-0.2, 0) is 0 Å². The van der Waals surface area contributed by atoms with Gasteiger partial charge in [0, 0.05) is 0 Å². The summed E-state index contributed by atoms with van der Waals surface area (Å²) in [6.07, 6.45) is 0. The number of hydrogen-bond donors (Lipinski definition) is 0. The van der Waals surface area contributed by atoms with Gasteiger partial charge in [-0.25, -0.2) is 8.78 Å². The summed E-state index contributed by atoms with van der Waals surface area (Å²) in [6, 6.07) is 0. The zero-order valence-electron chi connectivity index (χ0n) is 3.37. The summed E-state index contributed by atoms with van der Waals surface area (Å²) in [5.41, 5.74) is 0. The second-order valence-electron chi connectivity index (χ2n) is 1.24. The summed E-state index contributed by atoms with van der Waals surface area (Å²) >= 11 is 3.94. The molecular formula is C3H5F2S. The summed E-state index contributed by atoms with van der Waals surface area (Å²) in [7, 11) is 0. The van der Waals surface area contributed by atoms with E-state index >= 15 is 0 Å². The average Bonchev–Trinajstić information content (AvgIpc) is 1.35. The van der Waals surface area contributed by atoms with Gasteiger partial charge in [0.25, 0.3) is 0 Å². The highest BCUT2D eigenvalue weighted by atomic mass is 32.1. The Balaban J connectivity index is 3.17. The molecule has 0 bridgehead atoms. The summed E-state index contributed by atoms with van der Waals surface area (Å²) in [5.74, 6) is 0. The molecule has 6 heavy (non-hydrogen) atoms. The molecule has 0 aliphatic rings. The van der Waals surface area contributed by atoms with Crippen LogP contribution in [0.4, 0.5) is 8.78 Å². The van der Waals surface area contributed by atoms with Crippen LogP contribution in [0.5, 0.6) is 0 Å². The number of halogens is 2. The lowest BCUT2D eigenvalue weighted by Gasteiger charge is -2.01. The summed E-state index contributed by atoms with van der Waals surface area (Å²) in [6.45, 7) is -0.0648. The van der Waals surface area contributed by atoms with Crippen LogP contribution in [0.25, 0.3) is 0 Å². The highest BCUT2D eigenvalue weighted by molar-refractivity contribution is 7.81. The maximum absolute atomic E-state index is 11.6. The van der Waals surface area contributed by atoms with Crippen molar-refractivity contribution in [1.82, 2.24) is 0 Å². The van der Waals surface area contributed by atoms with Gasteiger partial charge in [-0.15, -0.1) is 0 Å². The van der Waals surface area contributed by atoms with Crippen LogP contribution in [0.3, 0.4) is 0 Å². The van der Waals surface area contributed by atoms with Crippen molar-refractivity contribution in [2.75, 3.05) is 6.67 Å². The zero-order valence-corrected chi connectivity index (χ0v) is 4.19. The molecule has 0 spiro atoms. The number of alkyl halides is 2. The number of rotatable bonds is 1. The second-order valence-corrected chi connectivity index (χ2v) is 2.09. The van der Waals surface area contributed by atoms with E-state index in [0.717, 1.165) is 6.92 Å². The fourth-order valence-corrected chi connectivity index (χ4v) is 0. The topological polar surface area (TPSA) is 0 Å². The molecule has 0 N–H and O–H groups in total. The Morgan fingerprint density at radius 2 is 2.00 bits per heavy atom. The maximum atomic E-state index is 11.6. The van der Waals surface area contributed by atoms with E-state index in [1.807, 2.05) is 0 Å². The van der Waals surface area contributed by atoms with E-state index in [4.69, 9.17) is 0 Å². The molecule has 0 aromatic carbocycles. The third-order valence-corrected chi connectivity index (χ3v) is 0.348. The lowest BCUT2D eigenvalue weighted by molar-refractivity contribution is 0.248. The summed E-state index contributed by atoms with van der Waals surface area (Å²) in [4.78, 5) is 0. The van der Waals surface area contributed by atoms with E-state index in [1.165, 1.54) is 0 Å². The van der Waals surface area contributed by atoms with Crippen molar-refractivity contribution in [2.24, 2.45) is 0 Å². The molecule has 0 saturated heterocycles. The molecule has 1 radical (unpaired) electrons. The molecule has 0 unspecified atom stereocenters. The van der Waals surface area contributed by atoms with Crippen molar-refractivity contribution in [3.05, 3.63) is 0 Å². The summed E-state index contributed by atoms with van der Waals surface area (Å²) < 4.78 is 22.6. The molecule has 1 atom stereocenters. The van der Waals surface area contributed by atoms with Crippen LogP contribution in [0.2, 0.25) is 0 Å². The van der Waals surface area contributed by atoms with Crippen molar-refractivity contribution in [2.45, 2.75) is 11.9 Å². The minimum Gasteiger partial charge on any atom is -0.247 e. The zero-order chi connectivity index (χ0) is 5.21. The smallest absolute Gasteiger partial charge is 0.191 e. The fourth-order valence-electron chi connectivity index (χ4n) is 0. The molecule has 0 fully saturated rings. The van der Waals surface area contributed by atoms with Crippen LogP contribution in [0, 0.1) is 0 Å². The van der Waals surface area contributed by atoms with Crippen molar-refractivity contribution < 1.29 is 8.78 Å². The van der Waals surface area contributed by atoms with Crippen LogP contribution in [0.15, 0.2) is 0 Å². The highest BCUT2D eigenvalue weighted by Crippen LogP contribution is 2.13. The highest BCUT2D eigenvalue weighted by Gasteiger charge is 2.15. The van der Waals surface area contributed by atoms with E-state index in [1.54, 1.807) is 0 Å². The Bertz CT molecular complexity index is 38.5. The average molecular weight is 111 g/mol. The first-order valence-electron chi connectivity index (χ1n) is 1.51. The lowest BCUT2D eigenvalue weighted by Crippen LogP contribution is -2.09. The lowest BCUT2D eigenvalue weighted by atomic mass is 10.5. The predicted octanol–water partition coefficient (Wildman–Crippen LogP) is 1.84. The van der Waals surface area contributed by atoms with Crippen molar-refractivity contribution in [3.63, 3.8) is 0 Å². The van der Waals surface area contributed by atoms with E-state index in [9.17, 15) is 8.78 Å². The third kappa shape index (κ3) is 4.21. The fraction of sp³-hybridized carbons (Fsp3) is 1.00. The molecule has 3 heteroatoms. The van der Waals surface area contributed by atoms with Gasteiger partial charge in [0.15, 0.2) is 5.00 Å². The van der Waals surface area contributed by atoms with E-state index < -0.39 is 11.7 Å². The van der Waals surface area contributed by atoms with Crippen LogP contribution >= 0.6 is 12.6 Å². The van der Waals surface area contributed by atoms with E-state index in [2.05, 4.69) is 12.6 Å². The molecule has 0 nitrogen and oxygen atoms in total. The minimum absolute atomic E-state index is 1.02. The molecule has 0 saturated carbocycles. The molecule has 0 amide bonds. The molecule has 0 aliphatic heterocycles. The van der Waals surface area contributed by atoms with Crippen LogP contribution in [0.1, 0.15) is 6.92 Å². The van der Waals surface area contributed by atoms with Gasteiger partial charge in [-0.2, -0.15) is 0 Å². The van der Waals surface area contributed by atoms with Crippen molar-refractivity contribution in [3.8, 4) is 0 Å². The number of hydrogen-bond acceptors (Lipinski definition) is 0. The molecule has 0 aliphatic carbocycles. The second kappa shape index (κ2) is 1.78.